The van der Waals surface area contributed by atoms with Gasteiger partial charge in [-0.3, -0.25) is 9.78 Å². The molecule has 1 fully saturated rings. The van der Waals surface area contributed by atoms with E-state index < -0.39 is 0 Å². The van der Waals surface area contributed by atoms with Crippen molar-refractivity contribution in [3.63, 3.8) is 0 Å². The Hall–Kier alpha value is -2.87. The van der Waals surface area contributed by atoms with Gasteiger partial charge in [-0.05, 0) is 36.6 Å². The van der Waals surface area contributed by atoms with Crippen LogP contribution in [0.1, 0.15) is 28.8 Å². The molecule has 1 aliphatic rings. The van der Waals surface area contributed by atoms with E-state index in [4.69, 9.17) is 9.72 Å². The van der Waals surface area contributed by atoms with E-state index in [1.54, 1.807) is 36.3 Å². The number of hydrogen-bond acceptors (Lipinski definition) is 6. The fourth-order valence-electron chi connectivity index (χ4n) is 3.42. The second-order valence-electron chi connectivity index (χ2n) is 6.91. The summed E-state index contributed by atoms with van der Waals surface area (Å²) in [5.41, 5.74) is 3.28. The van der Waals surface area contributed by atoms with Crippen molar-refractivity contribution in [2.24, 2.45) is 0 Å². The van der Waals surface area contributed by atoms with E-state index in [1.165, 1.54) is 7.11 Å². The van der Waals surface area contributed by atoms with E-state index in [0.29, 0.717) is 11.3 Å². The number of amides is 1. The number of esters is 1. The molecule has 150 valence electrons. The fraction of sp³-hybridized carbons (Fsp3) is 0.333. The van der Waals surface area contributed by atoms with Crippen LogP contribution in [0.4, 0.5) is 0 Å². The number of rotatable bonds is 6. The van der Waals surface area contributed by atoms with Crippen molar-refractivity contribution < 1.29 is 14.3 Å². The van der Waals surface area contributed by atoms with Crippen molar-refractivity contribution in [2.75, 3.05) is 20.2 Å². The molecular weight excluding hydrogens is 388 g/mol. The molecule has 0 bridgehead atoms. The van der Waals surface area contributed by atoms with Gasteiger partial charge in [0.05, 0.1) is 29.9 Å². The average molecular weight is 410 g/mol. The van der Waals surface area contributed by atoms with Crippen molar-refractivity contribution in [3.05, 3.63) is 53.9 Å². The highest BCUT2D eigenvalue weighted by atomic mass is 32.2. The van der Waals surface area contributed by atoms with Crippen LogP contribution in [-0.2, 0) is 21.8 Å². The van der Waals surface area contributed by atoms with Gasteiger partial charge >= 0.3 is 5.97 Å². The minimum atomic E-state index is -0.348. The molecule has 3 aromatic rings. The summed E-state index contributed by atoms with van der Waals surface area (Å²) < 4.78 is 6.69. The third-order valence-corrected chi connectivity index (χ3v) is 6.06. The number of ether oxygens (including phenoxy) is 1. The number of imidazole rings is 1. The molecule has 1 amide bonds. The van der Waals surface area contributed by atoms with Gasteiger partial charge in [-0.1, -0.05) is 23.9 Å². The number of methoxy groups -OCH3 is 1. The third kappa shape index (κ3) is 4.27. The molecule has 8 heteroatoms. The number of carbonyl (C=O) groups excluding carboxylic acids is 2. The Labute approximate surface area is 173 Å². The van der Waals surface area contributed by atoms with E-state index in [9.17, 15) is 9.59 Å². The maximum Gasteiger partial charge on any atom is 0.337 e. The Morgan fingerprint density at radius 2 is 1.90 bits per heavy atom. The summed E-state index contributed by atoms with van der Waals surface area (Å²) in [4.78, 5) is 35.1. The standard InChI is InChI=1S/C21H22N4O3S/c1-28-20(27)16-6-4-15(5-7-16)14-29-21-23-17-8-9-22-12-18(17)25(21)13-19(26)24-10-2-3-11-24/h4-9,12H,2-3,10-11,13-14H2,1H3. The molecule has 0 atom stereocenters. The molecule has 29 heavy (non-hydrogen) atoms. The molecule has 2 aromatic heterocycles. The van der Waals surface area contributed by atoms with Gasteiger partial charge in [-0.2, -0.15) is 0 Å². The smallest absolute Gasteiger partial charge is 0.337 e. The fourth-order valence-corrected chi connectivity index (χ4v) is 4.39. The van der Waals surface area contributed by atoms with Crippen molar-refractivity contribution in [3.8, 4) is 0 Å². The lowest BCUT2D eigenvalue weighted by molar-refractivity contribution is -0.130. The first-order chi connectivity index (χ1) is 14.2. The minimum absolute atomic E-state index is 0.120. The van der Waals surface area contributed by atoms with Crippen LogP contribution in [0, 0.1) is 0 Å². The van der Waals surface area contributed by atoms with Crippen LogP contribution in [0.15, 0.2) is 47.9 Å². The molecule has 0 aliphatic carbocycles. The zero-order valence-electron chi connectivity index (χ0n) is 16.2. The summed E-state index contributed by atoms with van der Waals surface area (Å²) in [6.07, 6.45) is 5.61. The Morgan fingerprint density at radius 1 is 1.14 bits per heavy atom. The Morgan fingerprint density at radius 3 is 2.62 bits per heavy atom. The lowest BCUT2D eigenvalue weighted by atomic mass is 10.1. The lowest BCUT2D eigenvalue weighted by Crippen LogP contribution is -2.31. The van der Waals surface area contributed by atoms with E-state index in [0.717, 1.165) is 47.7 Å². The molecular formula is C21H22N4O3S. The largest absolute Gasteiger partial charge is 0.465 e. The van der Waals surface area contributed by atoms with Crippen molar-refractivity contribution in [1.29, 1.82) is 0 Å². The highest BCUT2D eigenvalue weighted by Crippen LogP contribution is 2.27. The highest BCUT2D eigenvalue weighted by Gasteiger charge is 2.21. The number of carbonyl (C=O) groups is 2. The van der Waals surface area contributed by atoms with E-state index in [1.807, 2.05) is 27.7 Å². The van der Waals surface area contributed by atoms with E-state index in [-0.39, 0.29) is 18.4 Å². The Balaban J connectivity index is 1.53. The van der Waals surface area contributed by atoms with Gasteiger partial charge in [0.2, 0.25) is 5.91 Å². The minimum Gasteiger partial charge on any atom is -0.465 e. The van der Waals surface area contributed by atoms with Crippen LogP contribution in [-0.4, -0.2) is 51.5 Å². The topological polar surface area (TPSA) is 77.3 Å². The first-order valence-electron chi connectivity index (χ1n) is 9.54. The molecule has 0 saturated carbocycles. The molecule has 1 aliphatic heterocycles. The normalized spacial score (nSPS) is 13.8. The molecule has 0 spiro atoms. The zero-order chi connectivity index (χ0) is 20.2. The van der Waals surface area contributed by atoms with Crippen molar-refractivity contribution >= 4 is 34.7 Å². The zero-order valence-corrected chi connectivity index (χ0v) is 17.0. The van der Waals surface area contributed by atoms with E-state index >= 15 is 0 Å². The maximum atomic E-state index is 12.7. The van der Waals surface area contributed by atoms with Gasteiger partial charge in [0.15, 0.2) is 5.16 Å². The molecule has 1 saturated heterocycles. The predicted molar refractivity (Wildman–Crippen MR) is 111 cm³/mol. The summed E-state index contributed by atoms with van der Waals surface area (Å²) in [7, 11) is 1.37. The summed E-state index contributed by atoms with van der Waals surface area (Å²) in [6, 6.07) is 9.19. The molecule has 7 nitrogen and oxygen atoms in total. The Bertz CT molecular complexity index is 1030. The van der Waals surface area contributed by atoms with Crippen LogP contribution in [0.2, 0.25) is 0 Å². The number of likely N-dealkylation sites (tertiary alicyclic amines) is 1. The van der Waals surface area contributed by atoms with Crippen LogP contribution in [0.25, 0.3) is 11.0 Å². The molecule has 0 unspecified atom stereocenters. The summed E-state index contributed by atoms with van der Waals surface area (Å²) >= 11 is 1.57. The quantitative estimate of drug-likeness (QED) is 0.459. The van der Waals surface area contributed by atoms with Gasteiger partial charge in [-0.15, -0.1) is 0 Å². The molecule has 3 heterocycles. The average Bonchev–Trinajstić information content (AvgIpc) is 3.41. The lowest BCUT2D eigenvalue weighted by Gasteiger charge is -2.16. The highest BCUT2D eigenvalue weighted by molar-refractivity contribution is 7.98. The number of benzene rings is 1. The number of aromatic nitrogens is 3. The second-order valence-corrected chi connectivity index (χ2v) is 7.85. The molecule has 0 N–H and O–H groups in total. The maximum absolute atomic E-state index is 12.7. The monoisotopic (exact) mass is 410 g/mol. The molecule has 4 rings (SSSR count). The van der Waals surface area contributed by atoms with Crippen LogP contribution >= 0.6 is 11.8 Å². The number of hydrogen-bond donors (Lipinski definition) is 0. The SMILES string of the molecule is COC(=O)c1ccc(CSc2nc3ccncc3n2CC(=O)N2CCCC2)cc1. The van der Waals surface area contributed by atoms with Crippen molar-refractivity contribution in [2.45, 2.75) is 30.3 Å². The first kappa shape index (κ1) is 19.4. The molecule has 1 aromatic carbocycles. The van der Waals surface area contributed by atoms with Crippen molar-refractivity contribution in [1.82, 2.24) is 19.4 Å². The Kier molecular flexibility index (Phi) is 5.80. The number of pyridine rings is 1. The van der Waals surface area contributed by atoms with Gasteiger partial charge in [-0.25, -0.2) is 9.78 Å². The summed E-state index contributed by atoms with van der Waals surface area (Å²) in [5, 5.41) is 0.789. The van der Waals surface area contributed by atoms with Gasteiger partial charge in [0.25, 0.3) is 0 Å². The first-order valence-corrected chi connectivity index (χ1v) is 10.5. The van der Waals surface area contributed by atoms with Gasteiger partial charge in [0.1, 0.15) is 6.54 Å². The van der Waals surface area contributed by atoms with Gasteiger partial charge in [0, 0.05) is 25.0 Å². The predicted octanol–water partition coefficient (Wildman–Crippen LogP) is 3.13. The summed E-state index contributed by atoms with van der Waals surface area (Å²) in [5.74, 6) is 0.449. The van der Waals surface area contributed by atoms with Crippen LogP contribution in [0.3, 0.4) is 0 Å². The van der Waals surface area contributed by atoms with Gasteiger partial charge < -0.3 is 14.2 Å². The number of thioether (sulfide) groups is 1. The number of fused-ring (bicyclic) bond motifs is 1. The number of nitrogens with zero attached hydrogens (tertiary/aromatic N) is 4. The van der Waals surface area contributed by atoms with E-state index in [2.05, 4.69) is 4.98 Å². The summed E-state index contributed by atoms with van der Waals surface area (Å²) in [6.45, 7) is 1.93. The molecule has 0 radical (unpaired) electrons. The van der Waals surface area contributed by atoms with Crippen LogP contribution in [0.5, 0.6) is 0 Å². The second kappa shape index (κ2) is 8.65. The van der Waals surface area contributed by atoms with Crippen LogP contribution < -0.4 is 0 Å². The third-order valence-electron chi connectivity index (χ3n) is 5.01.